The number of carboxylic acids is 1. The molecule has 0 aliphatic heterocycles. The van der Waals surface area contributed by atoms with Crippen molar-refractivity contribution in [3.63, 3.8) is 0 Å². The average molecular weight is 345 g/mol. The highest BCUT2D eigenvalue weighted by Crippen LogP contribution is 2.25. The predicted octanol–water partition coefficient (Wildman–Crippen LogP) is 3.44. The Morgan fingerprint density at radius 2 is 1.64 bits per heavy atom. The van der Waals surface area contributed by atoms with E-state index in [-0.39, 0.29) is 5.56 Å². The first-order chi connectivity index (χ1) is 11.7. The number of nitrogens with zero attached hydrogens (tertiary/aromatic N) is 1. The SMILES string of the molecule is COc1ccc(-c2ccc(C(=O)N(C)C(C)(C)C(=O)O)c(F)c2)cc1. The molecule has 0 spiro atoms. The quantitative estimate of drug-likeness (QED) is 0.901. The Bertz CT molecular complexity index is 800. The summed E-state index contributed by atoms with van der Waals surface area (Å²) < 4.78 is 19.5. The molecular formula is C19H20FNO4. The molecule has 0 heterocycles. The molecule has 0 saturated heterocycles. The van der Waals surface area contributed by atoms with Gasteiger partial charge in [0.25, 0.3) is 5.91 Å². The van der Waals surface area contributed by atoms with Gasteiger partial charge in [-0.25, -0.2) is 9.18 Å². The minimum atomic E-state index is -1.45. The van der Waals surface area contributed by atoms with Crippen molar-refractivity contribution in [3.8, 4) is 16.9 Å². The van der Waals surface area contributed by atoms with Crippen molar-refractivity contribution in [2.45, 2.75) is 19.4 Å². The molecule has 0 radical (unpaired) electrons. The molecule has 0 atom stereocenters. The van der Waals surface area contributed by atoms with Gasteiger partial charge in [-0.15, -0.1) is 0 Å². The van der Waals surface area contributed by atoms with Gasteiger partial charge in [0.1, 0.15) is 17.1 Å². The van der Waals surface area contributed by atoms with Crippen molar-refractivity contribution in [1.82, 2.24) is 4.90 Å². The largest absolute Gasteiger partial charge is 0.497 e. The van der Waals surface area contributed by atoms with Gasteiger partial charge in [-0.2, -0.15) is 0 Å². The molecule has 6 heteroatoms. The minimum absolute atomic E-state index is 0.172. The maximum atomic E-state index is 14.5. The number of ether oxygens (including phenoxy) is 1. The molecule has 0 aliphatic rings. The van der Waals surface area contributed by atoms with Crippen LogP contribution in [-0.4, -0.2) is 41.6 Å². The third-order valence-corrected chi connectivity index (χ3v) is 4.29. The van der Waals surface area contributed by atoms with Gasteiger partial charge in [0, 0.05) is 7.05 Å². The zero-order chi connectivity index (χ0) is 18.8. The summed E-state index contributed by atoms with van der Waals surface area (Å²) in [5.41, 5.74) is -0.234. The van der Waals surface area contributed by atoms with E-state index in [0.29, 0.717) is 11.3 Å². The van der Waals surface area contributed by atoms with E-state index < -0.39 is 23.2 Å². The van der Waals surface area contributed by atoms with E-state index in [9.17, 15) is 19.1 Å². The van der Waals surface area contributed by atoms with Gasteiger partial charge < -0.3 is 14.7 Å². The monoisotopic (exact) mass is 345 g/mol. The Labute approximate surface area is 145 Å². The first kappa shape index (κ1) is 18.4. The Morgan fingerprint density at radius 1 is 1.08 bits per heavy atom. The van der Waals surface area contributed by atoms with Crippen LogP contribution >= 0.6 is 0 Å². The average Bonchev–Trinajstić information content (AvgIpc) is 2.60. The van der Waals surface area contributed by atoms with Crippen LogP contribution in [-0.2, 0) is 4.79 Å². The molecule has 5 nitrogen and oxygen atoms in total. The Balaban J connectivity index is 2.32. The molecule has 2 aromatic carbocycles. The molecule has 1 amide bonds. The Hall–Kier alpha value is -2.89. The van der Waals surface area contributed by atoms with Crippen LogP contribution in [0.15, 0.2) is 42.5 Å². The fraction of sp³-hybridized carbons (Fsp3) is 0.263. The van der Waals surface area contributed by atoms with E-state index in [1.807, 2.05) is 0 Å². The lowest BCUT2D eigenvalue weighted by molar-refractivity contribution is -0.147. The summed E-state index contributed by atoms with van der Waals surface area (Å²) >= 11 is 0. The minimum Gasteiger partial charge on any atom is -0.497 e. The van der Waals surface area contributed by atoms with Crippen molar-refractivity contribution < 1.29 is 23.8 Å². The maximum absolute atomic E-state index is 14.5. The van der Waals surface area contributed by atoms with Crippen LogP contribution in [0.5, 0.6) is 5.75 Å². The van der Waals surface area contributed by atoms with Gasteiger partial charge in [-0.1, -0.05) is 18.2 Å². The number of carbonyl (C=O) groups excluding carboxylic acids is 1. The van der Waals surface area contributed by atoms with E-state index in [4.69, 9.17) is 4.74 Å². The summed E-state index contributed by atoms with van der Waals surface area (Å²) in [4.78, 5) is 24.7. The summed E-state index contributed by atoms with van der Waals surface area (Å²) in [5, 5.41) is 9.21. The molecule has 1 N–H and O–H groups in total. The zero-order valence-electron chi connectivity index (χ0n) is 14.5. The number of methoxy groups -OCH3 is 1. The summed E-state index contributed by atoms with van der Waals surface area (Å²) in [6.45, 7) is 2.77. The van der Waals surface area contributed by atoms with Gasteiger partial charge >= 0.3 is 5.97 Å². The summed E-state index contributed by atoms with van der Waals surface area (Å²) in [6, 6.07) is 11.3. The lowest BCUT2D eigenvalue weighted by Crippen LogP contribution is -2.50. The van der Waals surface area contributed by atoms with Gasteiger partial charge in [-0.3, -0.25) is 4.79 Å². The number of carboxylic acid groups (broad SMARTS) is 1. The summed E-state index contributed by atoms with van der Waals surface area (Å²) in [5.74, 6) is -1.87. The van der Waals surface area contributed by atoms with Crippen LogP contribution in [0.2, 0.25) is 0 Å². The molecular weight excluding hydrogens is 325 g/mol. The lowest BCUT2D eigenvalue weighted by Gasteiger charge is -2.31. The molecule has 132 valence electrons. The van der Waals surface area contributed by atoms with Crippen molar-refractivity contribution in [2.75, 3.05) is 14.2 Å². The number of benzene rings is 2. The lowest BCUT2D eigenvalue weighted by atomic mass is 10.00. The van der Waals surface area contributed by atoms with Crippen molar-refractivity contribution >= 4 is 11.9 Å². The number of amides is 1. The third-order valence-electron chi connectivity index (χ3n) is 4.29. The Morgan fingerprint density at radius 3 is 2.12 bits per heavy atom. The fourth-order valence-corrected chi connectivity index (χ4v) is 2.23. The first-order valence-electron chi connectivity index (χ1n) is 7.64. The van der Waals surface area contributed by atoms with Crippen molar-refractivity contribution in [2.24, 2.45) is 0 Å². The van der Waals surface area contributed by atoms with Crippen LogP contribution in [0.3, 0.4) is 0 Å². The van der Waals surface area contributed by atoms with Crippen LogP contribution < -0.4 is 4.74 Å². The second-order valence-electron chi connectivity index (χ2n) is 6.15. The summed E-state index contributed by atoms with van der Waals surface area (Å²) in [7, 11) is 2.90. The zero-order valence-corrected chi connectivity index (χ0v) is 14.5. The second kappa shape index (κ2) is 6.93. The predicted molar refractivity (Wildman–Crippen MR) is 92.2 cm³/mol. The molecule has 0 fully saturated rings. The highest BCUT2D eigenvalue weighted by molar-refractivity contribution is 5.98. The topological polar surface area (TPSA) is 66.8 Å². The molecule has 0 aliphatic carbocycles. The fourth-order valence-electron chi connectivity index (χ4n) is 2.23. The van der Waals surface area contributed by atoms with Gasteiger partial charge in [0.15, 0.2) is 0 Å². The number of hydrogen-bond donors (Lipinski definition) is 1. The van der Waals surface area contributed by atoms with Crippen LogP contribution in [0.1, 0.15) is 24.2 Å². The van der Waals surface area contributed by atoms with Crippen molar-refractivity contribution in [3.05, 3.63) is 53.8 Å². The second-order valence-corrected chi connectivity index (χ2v) is 6.15. The number of likely N-dealkylation sites (N-methyl/N-ethyl adjacent to an activating group) is 1. The highest BCUT2D eigenvalue weighted by atomic mass is 19.1. The smallest absolute Gasteiger partial charge is 0.329 e. The van der Waals surface area contributed by atoms with Gasteiger partial charge in [0.2, 0.25) is 0 Å². The van der Waals surface area contributed by atoms with E-state index in [1.165, 1.54) is 33.0 Å². The molecule has 0 aromatic heterocycles. The first-order valence-corrected chi connectivity index (χ1v) is 7.64. The number of carbonyl (C=O) groups is 2. The third kappa shape index (κ3) is 3.63. The molecule has 2 rings (SSSR count). The van der Waals surface area contributed by atoms with E-state index in [1.54, 1.807) is 37.4 Å². The standard InChI is InChI=1S/C19H20FNO4/c1-19(2,18(23)24)21(3)17(22)15-10-7-13(11-16(15)20)12-5-8-14(25-4)9-6-12/h5-11H,1-4H3,(H,23,24). The normalized spacial score (nSPS) is 11.1. The van der Waals surface area contributed by atoms with Gasteiger partial charge in [0.05, 0.1) is 12.7 Å². The van der Waals surface area contributed by atoms with Crippen LogP contribution in [0, 0.1) is 5.82 Å². The van der Waals surface area contributed by atoms with Gasteiger partial charge in [-0.05, 0) is 49.2 Å². The number of halogens is 1. The van der Waals surface area contributed by atoms with Crippen molar-refractivity contribution in [1.29, 1.82) is 0 Å². The molecule has 0 bridgehead atoms. The molecule has 25 heavy (non-hydrogen) atoms. The molecule has 0 saturated carbocycles. The highest BCUT2D eigenvalue weighted by Gasteiger charge is 2.36. The molecule has 2 aromatic rings. The van der Waals surface area contributed by atoms with E-state index in [2.05, 4.69) is 0 Å². The number of hydrogen-bond acceptors (Lipinski definition) is 3. The van der Waals surface area contributed by atoms with Crippen LogP contribution in [0.25, 0.3) is 11.1 Å². The number of aliphatic carboxylic acids is 1. The van der Waals surface area contributed by atoms with E-state index >= 15 is 0 Å². The summed E-state index contributed by atoms with van der Waals surface area (Å²) in [6.07, 6.45) is 0. The Kier molecular flexibility index (Phi) is 5.11. The maximum Gasteiger partial charge on any atom is 0.329 e. The van der Waals surface area contributed by atoms with E-state index in [0.717, 1.165) is 10.5 Å². The van der Waals surface area contributed by atoms with Crippen LogP contribution in [0.4, 0.5) is 4.39 Å². The molecule has 0 unspecified atom stereocenters. The number of rotatable bonds is 5.